The van der Waals surface area contributed by atoms with Gasteiger partial charge in [-0.25, -0.2) is 0 Å². The third-order valence-corrected chi connectivity index (χ3v) is 3.65. The Labute approximate surface area is 113 Å². The van der Waals surface area contributed by atoms with Crippen molar-refractivity contribution >= 4 is 0 Å². The predicted molar refractivity (Wildman–Crippen MR) is 81.0 cm³/mol. The van der Waals surface area contributed by atoms with Crippen molar-refractivity contribution in [2.75, 3.05) is 6.54 Å². The van der Waals surface area contributed by atoms with Gasteiger partial charge in [-0.3, -0.25) is 0 Å². The van der Waals surface area contributed by atoms with E-state index < -0.39 is 0 Å². The number of unbranched alkanes of at least 4 members (excludes halogenated alkanes) is 5. The molecule has 0 saturated carbocycles. The molecular formula is C17H29N. The first-order valence-electron chi connectivity index (χ1n) is 7.51. The van der Waals surface area contributed by atoms with Gasteiger partial charge in [-0.05, 0) is 43.5 Å². The maximum Gasteiger partial charge on any atom is 0.0210 e. The summed E-state index contributed by atoms with van der Waals surface area (Å²) < 4.78 is 0. The lowest BCUT2D eigenvalue weighted by Gasteiger charge is -2.10. The van der Waals surface area contributed by atoms with Crippen LogP contribution in [-0.4, -0.2) is 6.54 Å². The molecule has 1 aromatic rings. The number of nitrogens with one attached hydrogen (secondary N) is 1. The molecule has 0 aliphatic rings. The van der Waals surface area contributed by atoms with Crippen LogP contribution in [-0.2, 0) is 6.54 Å². The van der Waals surface area contributed by atoms with E-state index >= 15 is 0 Å². The Hall–Kier alpha value is -0.820. The molecule has 1 N–H and O–H groups in total. The molecule has 0 bridgehead atoms. The Balaban J connectivity index is 2.11. The van der Waals surface area contributed by atoms with Crippen LogP contribution in [0.15, 0.2) is 18.2 Å². The summed E-state index contributed by atoms with van der Waals surface area (Å²) in [7, 11) is 0. The standard InChI is InChI=1S/C17H29N/c1-4-5-6-7-8-9-13-18-14-17-15(2)11-10-12-16(17)3/h10-12,18H,4-9,13-14H2,1-3H3. The fourth-order valence-corrected chi connectivity index (χ4v) is 2.37. The first-order chi connectivity index (χ1) is 8.75. The van der Waals surface area contributed by atoms with E-state index in [1.54, 1.807) is 0 Å². The lowest BCUT2D eigenvalue weighted by molar-refractivity contribution is 0.571. The number of hydrogen-bond acceptors (Lipinski definition) is 1. The average Bonchev–Trinajstić information content (AvgIpc) is 2.35. The third kappa shape index (κ3) is 5.68. The highest BCUT2D eigenvalue weighted by molar-refractivity contribution is 5.33. The quantitative estimate of drug-likeness (QED) is 0.621. The third-order valence-electron chi connectivity index (χ3n) is 3.65. The molecular weight excluding hydrogens is 218 g/mol. The minimum Gasteiger partial charge on any atom is -0.313 e. The second-order valence-electron chi connectivity index (χ2n) is 5.31. The molecule has 1 rings (SSSR count). The number of hydrogen-bond donors (Lipinski definition) is 1. The SMILES string of the molecule is CCCCCCCCNCc1c(C)cccc1C. The van der Waals surface area contributed by atoms with E-state index in [1.807, 2.05) is 0 Å². The van der Waals surface area contributed by atoms with Gasteiger partial charge in [0.2, 0.25) is 0 Å². The molecule has 0 unspecified atom stereocenters. The molecule has 0 aliphatic carbocycles. The van der Waals surface area contributed by atoms with Gasteiger partial charge in [0.25, 0.3) is 0 Å². The van der Waals surface area contributed by atoms with Gasteiger partial charge in [0.05, 0.1) is 0 Å². The van der Waals surface area contributed by atoms with Crippen LogP contribution >= 0.6 is 0 Å². The van der Waals surface area contributed by atoms with Crippen LogP contribution in [0, 0.1) is 13.8 Å². The van der Waals surface area contributed by atoms with Crippen LogP contribution in [0.4, 0.5) is 0 Å². The van der Waals surface area contributed by atoms with E-state index in [9.17, 15) is 0 Å². The van der Waals surface area contributed by atoms with Crippen LogP contribution in [0.25, 0.3) is 0 Å². The number of benzene rings is 1. The van der Waals surface area contributed by atoms with Crippen LogP contribution < -0.4 is 5.32 Å². The second-order valence-corrected chi connectivity index (χ2v) is 5.31. The van der Waals surface area contributed by atoms with Gasteiger partial charge in [0, 0.05) is 6.54 Å². The van der Waals surface area contributed by atoms with Gasteiger partial charge in [0.1, 0.15) is 0 Å². The highest BCUT2D eigenvalue weighted by atomic mass is 14.8. The normalized spacial score (nSPS) is 10.8. The molecule has 0 aliphatic heterocycles. The summed E-state index contributed by atoms with van der Waals surface area (Å²) in [6, 6.07) is 6.55. The first-order valence-corrected chi connectivity index (χ1v) is 7.51. The van der Waals surface area contributed by atoms with Gasteiger partial charge in [-0.15, -0.1) is 0 Å². The summed E-state index contributed by atoms with van der Waals surface area (Å²) >= 11 is 0. The highest BCUT2D eigenvalue weighted by Gasteiger charge is 2.00. The second kappa shape index (κ2) is 9.16. The van der Waals surface area contributed by atoms with E-state index in [-0.39, 0.29) is 0 Å². The van der Waals surface area contributed by atoms with Crippen molar-refractivity contribution in [3.8, 4) is 0 Å². The maximum atomic E-state index is 3.57. The van der Waals surface area contributed by atoms with Crippen molar-refractivity contribution in [3.05, 3.63) is 34.9 Å². The Bertz CT molecular complexity index is 310. The smallest absolute Gasteiger partial charge is 0.0210 e. The molecule has 0 radical (unpaired) electrons. The van der Waals surface area contributed by atoms with Crippen molar-refractivity contribution in [3.63, 3.8) is 0 Å². The van der Waals surface area contributed by atoms with Gasteiger partial charge in [-0.2, -0.15) is 0 Å². The van der Waals surface area contributed by atoms with E-state index in [0.29, 0.717) is 0 Å². The molecule has 0 saturated heterocycles. The average molecular weight is 247 g/mol. The van der Waals surface area contributed by atoms with Crippen LogP contribution in [0.3, 0.4) is 0 Å². The fraction of sp³-hybridized carbons (Fsp3) is 0.647. The zero-order valence-electron chi connectivity index (χ0n) is 12.4. The molecule has 0 heterocycles. The lowest BCUT2D eigenvalue weighted by Crippen LogP contribution is -2.16. The maximum absolute atomic E-state index is 3.57. The van der Waals surface area contributed by atoms with E-state index in [0.717, 1.165) is 13.1 Å². The molecule has 0 aromatic heterocycles. The van der Waals surface area contributed by atoms with Crippen LogP contribution in [0.5, 0.6) is 0 Å². The van der Waals surface area contributed by atoms with E-state index in [4.69, 9.17) is 0 Å². The molecule has 18 heavy (non-hydrogen) atoms. The molecule has 0 atom stereocenters. The summed E-state index contributed by atoms with van der Waals surface area (Å²) in [5.74, 6) is 0. The first kappa shape index (κ1) is 15.2. The Morgan fingerprint density at radius 2 is 1.50 bits per heavy atom. The molecule has 1 heteroatoms. The molecule has 0 spiro atoms. The molecule has 1 aromatic carbocycles. The summed E-state index contributed by atoms with van der Waals surface area (Å²) in [6.07, 6.45) is 8.24. The van der Waals surface area contributed by atoms with Crippen molar-refractivity contribution in [1.82, 2.24) is 5.32 Å². The Morgan fingerprint density at radius 3 is 2.17 bits per heavy atom. The Kier molecular flexibility index (Phi) is 7.75. The molecule has 1 nitrogen and oxygen atoms in total. The minimum absolute atomic E-state index is 1.02. The summed E-state index contributed by atoms with van der Waals surface area (Å²) in [5.41, 5.74) is 4.29. The Morgan fingerprint density at radius 1 is 0.889 bits per heavy atom. The summed E-state index contributed by atoms with van der Waals surface area (Å²) in [6.45, 7) is 8.85. The van der Waals surface area contributed by atoms with Crippen molar-refractivity contribution in [2.45, 2.75) is 65.8 Å². The van der Waals surface area contributed by atoms with Crippen molar-refractivity contribution in [2.24, 2.45) is 0 Å². The van der Waals surface area contributed by atoms with Gasteiger partial charge in [-0.1, -0.05) is 57.2 Å². The van der Waals surface area contributed by atoms with Gasteiger partial charge < -0.3 is 5.32 Å². The minimum atomic E-state index is 1.02. The summed E-state index contributed by atoms with van der Waals surface area (Å²) in [5, 5.41) is 3.57. The zero-order chi connectivity index (χ0) is 13.2. The van der Waals surface area contributed by atoms with Gasteiger partial charge >= 0.3 is 0 Å². The molecule has 0 fully saturated rings. The zero-order valence-corrected chi connectivity index (χ0v) is 12.4. The topological polar surface area (TPSA) is 12.0 Å². The largest absolute Gasteiger partial charge is 0.313 e. The van der Waals surface area contributed by atoms with E-state index in [2.05, 4.69) is 44.3 Å². The van der Waals surface area contributed by atoms with Crippen molar-refractivity contribution in [1.29, 1.82) is 0 Å². The number of aryl methyl sites for hydroxylation is 2. The molecule has 0 amide bonds. The van der Waals surface area contributed by atoms with Crippen LogP contribution in [0.2, 0.25) is 0 Å². The van der Waals surface area contributed by atoms with E-state index in [1.165, 1.54) is 55.2 Å². The van der Waals surface area contributed by atoms with Crippen molar-refractivity contribution < 1.29 is 0 Å². The predicted octanol–water partition coefficient (Wildman–Crippen LogP) is 4.75. The van der Waals surface area contributed by atoms with Gasteiger partial charge in [0.15, 0.2) is 0 Å². The monoisotopic (exact) mass is 247 g/mol. The number of rotatable bonds is 9. The summed E-state index contributed by atoms with van der Waals surface area (Å²) in [4.78, 5) is 0. The van der Waals surface area contributed by atoms with Crippen LogP contribution in [0.1, 0.15) is 62.1 Å². The molecule has 102 valence electrons. The highest BCUT2D eigenvalue weighted by Crippen LogP contribution is 2.12. The lowest BCUT2D eigenvalue weighted by atomic mass is 10.0. The fourth-order valence-electron chi connectivity index (χ4n) is 2.37.